The number of rotatable bonds is 9. The number of nitrogens with zero attached hydrogens (tertiary/aromatic N) is 1. The normalized spacial score (nSPS) is 15.0. The van der Waals surface area contributed by atoms with Crippen LogP contribution in [0.5, 0.6) is 11.5 Å². The monoisotopic (exact) mass is 457 g/mol. The van der Waals surface area contributed by atoms with Crippen molar-refractivity contribution in [3.05, 3.63) is 71.2 Å². The van der Waals surface area contributed by atoms with E-state index in [1.54, 1.807) is 29.8 Å². The van der Waals surface area contributed by atoms with Crippen LogP contribution < -0.4 is 9.47 Å². The first kappa shape index (κ1) is 22.5. The van der Waals surface area contributed by atoms with Gasteiger partial charge in [0.15, 0.2) is 11.5 Å². The minimum absolute atomic E-state index is 0.0997. The van der Waals surface area contributed by atoms with E-state index in [1.807, 2.05) is 24.3 Å². The molecule has 4 nitrogen and oxygen atoms in total. The number of benzene rings is 2. The van der Waals surface area contributed by atoms with Gasteiger partial charge in [0, 0.05) is 17.2 Å². The van der Waals surface area contributed by atoms with Gasteiger partial charge in [-0.05, 0) is 42.8 Å². The molecule has 3 rings (SSSR count). The Bertz CT molecular complexity index is 970. The number of carbonyl (C=O) groups is 1. The second kappa shape index (κ2) is 10.7. The van der Waals surface area contributed by atoms with Crippen molar-refractivity contribution in [1.29, 1.82) is 0 Å². The smallest absolute Gasteiger partial charge is 0.266 e. The van der Waals surface area contributed by atoms with Crippen molar-refractivity contribution in [2.24, 2.45) is 0 Å². The average molecular weight is 458 g/mol. The predicted molar refractivity (Wildman–Crippen MR) is 130 cm³/mol. The second-order valence-corrected chi connectivity index (χ2v) is 9.35. The third kappa shape index (κ3) is 5.68. The molecule has 0 aromatic heterocycles. The highest BCUT2D eigenvalue weighted by atomic mass is 32.2. The Hall–Kier alpha value is -2.22. The third-order valence-electron chi connectivity index (χ3n) is 4.30. The number of hydrogen-bond acceptors (Lipinski definition) is 6. The molecule has 0 atom stereocenters. The molecule has 7 heteroatoms. The first-order chi connectivity index (χ1) is 14.5. The number of carbonyl (C=O) groups excluding carboxylic acids is 1. The lowest BCUT2D eigenvalue weighted by Gasteiger charge is -2.12. The van der Waals surface area contributed by atoms with Gasteiger partial charge >= 0.3 is 0 Å². The predicted octanol–water partition coefficient (Wildman–Crippen LogP) is 5.56. The Kier molecular flexibility index (Phi) is 8.01. The summed E-state index contributed by atoms with van der Waals surface area (Å²) in [5.41, 5.74) is 2.11. The van der Waals surface area contributed by atoms with E-state index < -0.39 is 0 Å². The maximum atomic E-state index is 12.5. The van der Waals surface area contributed by atoms with Crippen LogP contribution in [-0.2, 0) is 4.79 Å². The van der Waals surface area contributed by atoms with Crippen molar-refractivity contribution >= 4 is 52.0 Å². The summed E-state index contributed by atoms with van der Waals surface area (Å²) in [7, 11) is 1.61. The zero-order valence-corrected chi connectivity index (χ0v) is 19.4. The fourth-order valence-electron chi connectivity index (χ4n) is 2.78. The zero-order chi connectivity index (χ0) is 21.5. The molecule has 0 spiro atoms. The molecule has 1 aliphatic rings. The highest BCUT2D eigenvalue weighted by Gasteiger charge is 2.30. The van der Waals surface area contributed by atoms with E-state index in [9.17, 15) is 4.79 Å². The summed E-state index contributed by atoms with van der Waals surface area (Å²) < 4.78 is 11.9. The summed E-state index contributed by atoms with van der Waals surface area (Å²) in [5, 5.41) is 0. The van der Waals surface area contributed by atoms with Gasteiger partial charge in [-0.25, -0.2) is 0 Å². The van der Waals surface area contributed by atoms with Crippen LogP contribution in [0.3, 0.4) is 0 Å². The van der Waals surface area contributed by atoms with E-state index in [2.05, 4.69) is 37.8 Å². The van der Waals surface area contributed by atoms with Gasteiger partial charge in [0.05, 0.1) is 18.6 Å². The molecule has 0 N–H and O–H groups in total. The maximum Gasteiger partial charge on any atom is 0.266 e. The van der Waals surface area contributed by atoms with Gasteiger partial charge < -0.3 is 9.47 Å². The van der Waals surface area contributed by atoms with E-state index >= 15 is 0 Å². The van der Waals surface area contributed by atoms with Crippen molar-refractivity contribution in [2.75, 3.05) is 26.0 Å². The number of methoxy groups -OCH3 is 1. The topological polar surface area (TPSA) is 38.8 Å². The molecule has 2 aromatic carbocycles. The van der Waals surface area contributed by atoms with Crippen LogP contribution in [0.1, 0.15) is 11.1 Å². The van der Waals surface area contributed by atoms with Crippen LogP contribution in [0.25, 0.3) is 6.08 Å². The molecule has 0 aliphatic carbocycles. The minimum atomic E-state index is -0.0997. The SMILES string of the molecule is C=CCN1C(=O)C(=Cc2ccc(OCCSc3ccc(C)cc3)c(OC)c2)SC1=S. The number of thiocarbonyl (C=S) groups is 1. The number of hydrogen-bond donors (Lipinski definition) is 0. The summed E-state index contributed by atoms with van der Waals surface area (Å²) in [4.78, 5) is 15.8. The van der Waals surface area contributed by atoms with E-state index in [1.165, 1.54) is 22.2 Å². The Morgan fingerprint density at radius 2 is 1.97 bits per heavy atom. The largest absolute Gasteiger partial charge is 0.493 e. The first-order valence-corrected chi connectivity index (χ1v) is 11.6. The van der Waals surface area contributed by atoms with Crippen LogP contribution >= 0.6 is 35.7 Å². The molecule has 0 radical (unpaired) electrons. The quantitative estimate of drug-likeness (QED) is 0.161. The summed E-state index contributed by atoms with van der Waals surface area (Å²) in [5.74, 6) is 2.04. The molecule has 30 heavy (non-hydrogen) atoms. The lowest BCUT2D eigenvalue weighted by Crippen LogP contribution is -2.27. The summed E-state index contributed by atoms with van der Waals surface area (Å²) in [6.45, 7) is 6.73. The van der Waals surface area contributed by atoms with Gasteiger partial charge in [-0.2, -0.15) is 0 Å². The van der Waals surface area contributed by atoms with Crippen molar-refractivity contribution in [2.45, 2.75) is 11.8 Å². The molecule has 0 bridgehead atoms. The third-order valence-corrected chi connectivity index (χ3v) is 6.66. The first-order valence-electron chi connectivity index (χ1n) is 9.38. The van der Waals surface area contributed by atoms with Crippen molar-refractivity contribution in [1.82, 2.24) is 4.90 Å². The van der Waals surface area contributed by atoms with Crippen LogP contribution in [0.2, 0.25) is 0 Å². The maximum absolute atomic E-state index is 12.5. The van der Waals surface area contributed by atoms with Crippen LogP contribution in [0, 0.1) is 6.92 Å². The Balaban J connectivity index is 1.62. The highest BCUT2D eigenvalue weighted by molar-refractivity contribution is 8.26. The van der Waals surface area contributed by atoms with E-state index in [0.717, 1.165) is 11.3 Å². The Labute approximate surface area is 191 Å². The van der Waals surface area contributed by atoms with Gasteiger partial charge in [0.2, 0.25) is 0 Å². The fraction of sp³-hybridized carbons (Fsp3) is 0.217. The second-order valence-electron chi connectivity index (χ2n) is 6.50. The Morgan fingerprint density at radius 1 is 1.20 bits per heavy atom. The summed E-state index contributed by atoms with van der Waals surface area (Å²) in [6, 6.07) is 14.1. The fourth-order valence-corrected chi connectivity index (χ4v) is 4.78. The van der Waals surface area contributed by atoms with Crippen LogP contribution in [0.15, 0.2) is 64.9 Å². The number of aryl methyl sites for hydroxylation is 1. The molecule has 0 saturated carbocycles. The number of ether oxygens (including phenoxy) is 2. The van der Waals surface area contributed by atoms with Crippen molar-refractivity contribution in [3.63, 3.8) is 0 Å². The molecule has 0 unspecified atom stereocenters. The lowest BCUT2D eigenvalue weighted by atomic mass is 10.2. The summed E-state index contributed by atoms with van der Waals surface area (Å²) in [6.07, 6.45) is 3.49. The minimum Gasteiger partial charge on any atom is -0.493 e. The van der Waals surface area contributed by atoms with E-state index in [-0.39, 0.29) is 5.91 Å². The molecule has 1 saturated heterocycles. The lowest BCUT2D eigenvalue weighted by molar-refractivity contribution is -0.121. The molecule has 1 fully saturated rings. The number of amides is 1. The zero-order valence-electron chi connectivity index (χ0n) is 16.9. The molecule has 1 amide bonds. The van der Waals surface area contributed by atoms with Crippen molar-refractivity contribution in [3.8, 4) is 11.5 Å². The van der Waals surface area contributed by atoms with E-state index in [4.69, 9.17) is 21.7 Å². The molecule has 156 valence electrons. The molecular formula is C23H23NO3S3. The van der Waals surface area contributed by atoms with Gasteiger partial charge in [0.1, 0.15) is 4.32 Å². The van der Waals surface area contributed by atoms with Gasteiger partial charge in [-0.1, -0.05) is 53.8 Å². The van der Waals surface area contributed by atoms with Gasteiger partial charge in [-0.15, -0.1) is 18.3 Å². The summed E-state index contributed by atoms with van der Waals surface area (Å²) >= 11 is 8.33. The molecular weight excluding hydrogens is 434 g/mol. The van der Waals surface area contributed by atoms with Gasteiger partial charge in [-0.3, -0.25) is 9.69 Å². The number of thioether (sulfide) groups is 2. The van der Waals surface area contributed by atoms with Crippen LogP contribution in [-0.4, -0.2) is 41.1 Å². The van der Waals surface area contributed by atoms with Gasteiger partial charge in [0.25, 0.3) is 5.91 Å². The highest BCUT2D eigenvalue weighted by Crippen LogP contribution is 2.34. The standard InChI is InChI=1S/C23H23NO3S3/c1-4-11-24-22(25)21(30-23(24)28)15-17-7-10-19(20(14-17)26-3)27-12-13-29-18-8-5-16(2)6-9-18/h4-10,14-15H,1,11-13H2,2-3H3. The molecule has 1 heterocycles. The van der Waals surface area contributed by atoms with E-state index in [0.29, 0.717) is 33.9 Å². The Morgan fingerprint density at radius 3 is 2.67 bits per heavy atom. The van der Waals surface area contributed by atoms with Crippen molar-refractivity contribution < 1.29 is 14.3 Å². The average Bonchev–Trinajstić information content (AvgIpc) is 3.00. The molecule has 1 aliphatic heterocycles. The molecule has 2 aromatic rings. The van der Waals surface area contributed by atoms with Crippen LogP contribution in [0.4, 0.5) is 0 Å².